The summed E-state index contributed by atoms with van der Waals surface area (Å²) in [6.45, 7) is 2.42. The second-order valence-electron chi connectivity index (χ2n) is 6.50. The minimum Gasteiger partial charge on any atom is -0.435 e. The third kappa shape index (κ3) is 5.74. The van der Waals surface area contributed by atoms with Crippen LogP contribution in [0.2, 0.25) is 0 Å². The Labute approximate surface area is 173 Å². The molecule has 0 aliphatic rings. The van der Waals surface area contributed by atoms with E-state index in [0.717, 1.165) is 17.0 Å². The first-order valence-corrected chi connectivity index (χ1v) is 9.49. The van der Waals surface area contributed by atoms with Crippen LogP contribution >= 0.6 is 12.2 Å². The topological polar surface area (TPSA) is 51.1 Å². The first kappa shape index (κ1) is 20.7. The lowest BCUT2D eigenvalue weighted by atomic mass is 10.2. The average Bonchev–Trinajstić information content (AvgIpc) is 2.95. The summed E-state index contributed by atoms with van der Waals surface area (Å²) < 4.78 is 30.7. The van der Waals surface area contributed by atoms with Gasteiger partial charge in [0.1, 0.15) is 5.75 Å². The van der Waals surface area contributed by atoms with E-state index in [2.05, 4.69) is 32.6 Å². The molecule has 0 saturated heterocycles. The first-order valence-electron chi connectivity index (χ1n) is 9.09. The van der Waals surface area contributed by atoms with Crippen LogP contribution in [0.15, 0.2) is 54.6 Å². The molecule has 2 N–H and O–H groups in total. The van der Waals surface area contributed by atoms with Crippen molar-refractivity contribution in [1.82, 2.24) is 15.1 Å². The SMILES string of the molecule is Cc1nn(Cc2ccccc2)c(C)c1CNC(=S)Nc1ccc(OC(F)F)cc1. The number of hydrogen-bond donors (Lipinski definition) is 2. The summed E-state index contributed by atoms with van der Waals surface area (Å²) >= 11 is 5.34. The van der Waals surface area contributed by atoms with Crippen molar-refractivity contribution in [2.45, 2.75) is 33.5 Å². The van der Waals surface area contributed by atoms with Crippen LogP contribution < -0.4 is 15.4 Å². The minimum atomic E-state index is -2.84. The van der Waals surface area contributed by atoms with Gasteiger partial charge in [-0.2, -0.15) is 13.9 Å². The lowest BCUT2D eigenvalue weighted by Gasteiger charge is -2.12. The Morgan fingerprint density at radius 3 is 2.45 bits per heavy atom. The predicted octanol–water partition coefficient (Wildman–Crippen LogP) is 4.64. The van der Waals surface area contributed by atoms with Crippen molar-refractivity contribution in [2.75, 3.05) is 5.32 Å². The van der Waals surface area contributed by atoms with Crippen LogP contribution in [0.5, 0.6) is 5.75 Å². The summed E-state index contributed by atoms with van der Waals surface area (Å²) in [6.07, 6.45) is 0. The van der Waals surface area contributed by atoms with Crippen LogP contribution in [0.3, 0.4) is 0 Å². The molecule has 0 aliphatic carbocycles. The maximum absolute atomic E-state index is 12.2. The number of benzene rings is 2. The van der Waals surface area contributed by atoms with Crippen LogP contribution in [0.4, 0.5) is 14.5 Å². The molecule has 0 radical (unpaired) electrons. The normalized spacial score (nSPS) is 10.8. The molecule has 3 rings (SSSR count). The van der Waals surface area contributed by atoms with Gasteiger partial charge in [-0.25, -0.2) is 0 Å². The molecule has 3 aromatic rings. The van der Waals surface area contributed by atoms with E-state index in [1.807, 2.05) is 36.7 Å². The van der Waals surface area contributed by atoms with Gasteiger partial charge in [0.2, 0.25) is 0 Å². The van der Waals surface area contributed by atoms with Crippen LogP contribution in [-0.2, 0) is 13.1 Å². The van der Waals surface area contributed by atoms with E-state index in [1.165, 1.54) is 17.7 Å². The summed E-state index contributed by atoms with van der Waals surface area (Å²) in [6, 6.07) is 16.3. The highest BCUT2D eigenvalue weighted by molar-refractivity contribution is 7.80. The Balaban J connectivity index is 1.57. The van der Waals surface area contributed by atoms with E-state index in [4.69, 9.17) is 12.2 Å². The number of nitrogens with one attached hydrogen (secondary N) is 2. The van der Waals surface area contributed by atoms with Gasteiger partial charge in [-0.15, -0.1) is 0 Å². The molecule has 152 valence electrons. The highest BCUT2D eigenvalue weighted by Gasteiger charge is 2.12. The highest BCUT2D eigenvalue weighted by atomic mass is 32.1. The van der Waals surface area contributed by atoms with Crippen molar-refractivity contribution >= 4 is 23.0 Å². The molecule has 0 spiro atoms. The van der Waals surface area contributed by atoms with Crippen LogP contribution in [0.25, 0.3) is 0 Å². The molecule has 0 saturated carbocycles. The Kier molecular flexibility index (Phi) is 6.77. The maximum atomic E-state index is 12.2. The first-order chi connectivity index (χ1) is 13.9. The van der Waals surface area contributed by atoms with E-state index < -0.39 is 6.61 Å². The molecular weight excluding hydrogens is 394 g/mol. The quantitative estimate of drug-likeness (QED) is 0.550. The number of halogens is 2. The molecule has 0 aliphatic heterocycles. The monoisotopic (exact) mass is 416 g/mol. The largest absolute Gasteiger partial charge is 0.435 e. The fourth-order valence-electron chi connectivity index (χ4n) is 2.96. The standard InChI is InChI=1S/C21H22F2N4OS/c1-14-19(15(2)27(26-14)13-16-6-4-3-5-7-16)12-24-21(29)25-17-8-10-18(11-9-17)28-20(22)23/h3-11,20H,12-13H2,1-2H3,(H2,24,25,29). The molecule has 0 unspecified atom stereocenters. The van der Waals surface area contributed by atoms with Gasteiger partial charge >= 0.3 is 6.61 Å². The van der Waals surface area contributed by atoms with Crippen LogP contribution in [0, 0.1) is 13.8 Å². The number of ether oxygens (including phenoxy) is 1. The van der Waals surface area contributed by atoms with Crippen molar-refractivity contribution in [1.29, 1.82) is 0 Å². The summed E-state index contributed by atoms with van der Waals surface area (Å²) in [5.74, 6) is 0.0986. The van der Waals surface area contributed by atoms with Gasteiger partial charge in [-0.05, 0) is 55.9 Å². The van der Waals surface area contributed by atoms with Crippen LogP contribution in [0.1, 0.15) is 22.5 Å². The second-order valence-corrected chi connectivity index (χ2v) is 6.91. The molecule has 5 nitrogen and oxygen atoms in total. The van der Waals surface area contributed by atoms with Gasteiger partial charge in [0.15, 0.2) is 5.11 Å². The summed E-state index contributed by atoms with van der Waals surface area (Å²) in [7, 11) is 0. The molecule has 0 atom stereocenters. The Bertz CT molecular complexity index is 959. The summed E-state index contributed by atoms with van der Waals surface area (Å²) in [4.78, 5) is 0. The highest BCUT2D eigenvalue weighted by Crippen LogP contribution is 2.18. The zero-order valence-electron chi connectivity index (χ0n) is 16.2. The van der Waals surface area contributed by atoms with Gasteiger partial charge in [0, 0.05) is 23.5 Å². The lowest BCUT2D eigenvalue weighted by Crippen LogP contribution is -2.28. The molecule has 0 bridgehead atoms. The van der Waals surface area contributed by atoms with Crippen molar-refractivity contribution in [2.24, 2.45) is 0 Å². The third-order valence-electron chi connectivity index (χ3n) is 4.47. The number of anilines is 1. The molecule has 1 heterocycles. The number of nitrogens with zero attached hydrogens (tertiary/aromatic N) is 2. The predicted molar refractivity (Wildman–Crippen MR) is 113 cm³/mol. The number of thiocarbonyl (C=S) groups is 1. The summed E-state index contributed by atoms with van der Waals surface area (Å²) in [5.41, 5.74) is 4.98. The fourth-order valence-corrected chi connectivity index (χ4v) is 3.15. The molecule has 0 amide bonds. The number of rotatable bonds is 7. The maximum Gasteiger partial charge on any atom is 0.387 e. The van der Waals surface area contributed by atoms with Gasteiger partial charge in [-0.1, -0.05) is 30.3 Å². The Morgan fingerprint density at radius 1 is 1.10 bits per heavy atom. The molecule has 1 aromatic heterocycles. The molecular formula is C21H22F2N4OS. The van der Waals surface area contributed by atoms with Gasteiger partial charge < -0.3 is 15.4 Å². The van der Waals surface area contributed by atoms with Gasteiger partial charge in [0.05, 0.1) is 12.2 Å². The van der Waals surface area contributed by atoms with E-state index in [-0.39, 0.29) is 5.75 Å². The Morgan fingerprint density at radius 2 is 1.79 bits per heavy atom. The van der Waals surface area contributed by atoms with Crippen LogP contribution in [-0.4, -0.2) is 21.5 Å². The van der Waals surface area contributed by atoms with Gasteiger partial charge in [-0.3, -0.25) is 4.68 Å². The van der Waals surface area contributed by atoms with Gasteiger partial charge in [0.25, 0.3) is 0 Å². The summed E-state index contributed by atoms with van der Waals surface area (Å²) in [5, 5.41) is 11.3. The van der Waals surface area contributed by atoms with E-state index in [0.29, 0.717) is 23.9 Å². The average molecular weight is 416 g/mol. The number of hydrogen-bond acceptors (Lipinski definition) is 3. The molecule has 0 fully saturated rings. The molecule has 29 heavy (non-hydrogen) atoms. The molecule has 8 heteroatoms. The number of alkyl halides is 2. The zero-order valence-corrected chi connectivity index (χ0v) is 17.0. The minimum absolute atomic E-state index is 0.0986. The van der Waals surface area contributed by atoms with Crippen molar-refractivity contribution in [3.8, 4) is 5.75 Å². The number of aryl methyl sites for hydroxylation is 1. The Hall–Kier alpha value is -3.00. The van der Waals surface area contributed by atoms with Crippen molar-refractivity contribution in [3.05, 3.63) is 77.1 Å². The van der Waals surface area contributed by atoms with E-state index in [9.17, 15) is 8.78 Å². The fraction of sp³-hybridized carbons (Fsp3) is 0.238. The van der Waals surface area contributed by atoms with E-state index >= 15 is 0 Å². The van der Waals surface area contributed by atoms with Crippen molar-refractivity contribution in [3.63, 3.8) is 0 Å². The smallest absolute Gasteiger partial charge is 0.387 e. The van der Waals surface area contributed by atoms with Crippen molar-refractivity contribution < 1.29 is 13.5 Å². The third-order valence-corrected chi connectivity index (χ3v) is 4.72. The van der Waals surface area contributed by atoms with E-state index in [1.54, 1.807) is 12.1 Å². The lowest BCUT2D eigenvalue weighted by molar-refractivity contribution is -0.0498. The zero-order chi connectivity index (χ0) is 20.8. The second kappa shape index (κ2) is 9.47. The molecule has 2 aromatic carbocycles. The number of aromatic nitrogens is 2.